The molecule has 11 heteroatoms. The van der Waals surface area contributed by atoms with E-state index in [1.165, 1.54) is 29.1 Å². The van der Waals surface area contributed by atoms with Gasteiger partial charge in [-0.25, -0.2) is 28.4 Å². The average molecular weight is 439 g/mol. The van der Waals surface area contributed by atoms with E-state index in [0.717, 1.165) is 6.20 Å². The van der Waals surface area contributed by atoms with E-state index < -0.39 is 11.6 Å². The van der Waals surface area contributed by atoms with Crippen LogP contribution in [0.25, 0.3) is 16.6 Å². The topological polar surface area (TPSA) is 88.8 Å². The number of aliphatic hydroxyl groups is 1. The number of aromatic nitrogens is 5. The SMILES string of the molecule is Cc1cc(Nc2ncc(F)c3nn(-c4c(F)cccc4Cl)cc23)nc(CO)n1.Cl. The molecule has 0 aliphatic rings. The summed E-state index contributed by atoms with van der Waals surface area (Å²) in [6, 6.07) is 5.87. The van der Waals surface area contributed by atoms with Crippen LogP contribution in [-0.4, -0.2) is 29.8 Å². The second kappa shape index (κ2) is 8.24. The monoisotopic (exact) mass is 438 g/mol. The minimum absolute atomic E-state index is 0. The molecule has 0 saturated heterocycles. The zero-order valence-electron chi connectivity index (χ0n) is 14.9. The van der Waals surface area contributed by atoms with Crippen molar-refractivity contribution in [3.8, 4) is 5.69 Å². The van der Waals surface area contributed by atoms with Crippen LogP contribution in [0.5, 0.6) is 0 Å². The number of pyridine rings is 1. The Morgan fingerprint density at radius 1 is 1.21 bits per heavy atom. The van der Waals surface area contributed by atoms with E-state index in [1.54, 1.807) is 13.0 Å². The summed E-state index contributed by atoms with van der Waals surface area (Å²) in [5.74, 6) is -0.399. The quantitative estimate of drug-likeness (QED) is 0.498. The highest BCUT2D eigenvalue weighted by atomic mass is 35.5. The molecule has 0 fully saturated rings. The number of nitrogens with one attached hydrogen (secondary N) is 1. The molecule has 29 heavy (non-hydrogen) atoms. The molecule has 0 unspecified atom stereocenters. The fraction of sp³-hybridized carbons (Fsp3) is 0.111. The highest BCUT2D eigenvalue weighted by molar-refractivity contribution is 6.32. The average Bonchev–Trinajstić information content (AvgIpc) is 3.09. The van der Waals surface area contributed by atoms with Gasteiger partial charge in [0.2, 0.25) is 0 Å². The first-order valence-corrected chi connectivity index (χ1v) is 8.55. The molecule has 4 aromatic rings. The van der Waals surface area contributed by atoms with Gasteiger partial charge in [0.25, 0.3) is 0 Å². The number of halogens is 4. The largest absolute Gasteiger partial charge is 0.388 e. The van der Waals surface area contributed by atoms with E-state index in [2.05, 4.69) is 25.4 Å². The number of aliphatic hydroxyl groups excluding tert-OH is 1. The Labute approximate surface area is 174 Å². The van der Waals surface area contributed by atoms with Gasteiger partial charge in [-0.2, -0.15) is 5.10 Å². The first kappa shape index (κ1) is 20.8. The van der Waals surface area contributed by atoms with Gasteiger partial charge in [0, 0.05) is 18.0 Å². The number of para-hydroxylation sites is 1. The molecule has 2 N–H and O–H groups in total. The minimum atomic E-state index is -0.665. The number of aryl methyl sites for hydroxylation is 1. The highest BCUT2D eigenvalue weighted by Gasteiger charge is 2.17. The molecule has 3 aromatic heterocycles. The first-order valence-electron chi connectivity index (χ1n) is 8.17. The summed E-state index contributed by atoms with van der Waals surface area (Å²) in [4.78, 5) is 12.3. The Balaban J connectivity index is 0.00000240. The van der Waals surface area contributed by atoms with E-state index in [0.29, 0.717) is 16.9 Å². The number of anilines is 2. The zero-order chi connectivity index (χ0) is 19.8. The predicted molar refractivity (Wildman–Crippen MR) is 107 cm³/mol. The van der Waals surface area contributed by atoms with Crippen LogP contribution in [0, 0.1) is 18.6 Å². The molecule has 0 bridgehead atoms. The molecule has 0 atom stereocenters. The second-order valence-electron chi connectivity index (χ2n) is 5.95. The van der Waals surface area contributed by atoms with E-state index >= 15 is 0 Å². The van der Waals surface area contributed by atoms with Crippen molar-refractivity contribution in [2.75, 3.05) is 5.32 Å². The molecule has 3 heterocycles. The molecule has 4 rings (SSSR count). The fourth-order valence-electron chi connectivity index (χ4n) is 2.78. The number of benzene rings is 1. The van der Waals surface area contributed by atoms with Crippen LogP contribution in [0.4, 0.5) is 20.4 Å². The molecule has 0 spiro atoms. The number of hydrogen-bond acceptors (Lipinski definition) is 6. The van der Waals surface area contributed by atoms with Gasteiger partial charge in [-0.3, -0.25) is 0 Å². The zero-order valence-corrected chi connectivity index (χ0v) is 16.5. The molecule has 0 amide bonds. The van der Waals surface area contributed by atoms with Gasteiger partial charge in [0.1, 0.15) is 35.3 Å². The van der Waals surface area contributed by atoms with Gasteiger partial charge in [-0.05, 0) is 19.1 Å². The Morgan fingerprint density at radius 2 is 2.00 bits per heavy atom. The van der Waals surface area contributed by atoms with Crippen molar-refractivity contribution >= 4 is 46.5 Å². The van der Waals surface area contributed by atoms with Crippen LogP contribution in [0.15, 0.2) is 36.7 Å². The molecule has 0 radical (unpaired) electrons. The lowest BCUT2D eigenvalue weighted by molar-refractivity contribution is 0.271. The van der Waals surface area contributed by atoms with E-state index in [4.69, 9.17) is 11.6 Å². The van der Waals surface area contributed by atoms with Crippen LogP contribution in [0.1, 0.15) is 11.5 Å². The van der Waals surface area contributed by atoms with Crippen LogP contribution in [0.3, 0.4) is 0 Å². The van der Waals surface area contributed by atoms with Crippen molar-refractivity contribution < 1.29 is 13.9 Å². The van der Waals surface area contributed by atoms with Gasteiger partial charge in [-0.1, -0.05) is 17.7 Å². The molecule has 0 saturated carbocycles. The number of fused-ring (bicyclic) bond motifs is 1. The third-order valence-electron chi connectivity index (χ3n) is 3.96. The lowest BCUT2D eigenvalue weighted by Crippen LogP contribution is -2.03. The van der Waals surface area contributed by atoms with Gasteiger partial charge < -0.3 is 10.4 Å². The first-order chi connectivity index (χ1) is 13.5. The lowest BCUT2D eigenvalue weighted by Gasteiger charge is -2.08. The molecule has 7 nitrogen and oxygen atoms in total. The van der Waals surface area contributed by atoms with Crippen molar-refractivity contribution in [1.29, 1.82) is 0 Å². The second-order valence-corrected chi connectivity index (χ2v) is 6.36. The predicted octanol–water partition coefficient (Wildman–Crippen LogP) is 4.11. The number of rotatable bonds is 4. The van der Waals surface area contributed by atoms with Crippen LogP contribution < -0.4 is 5.32 Å². The van der Waals surface area contributed by atoms with Crippen molar-refractivity contribution in [2.45, 2.75) is 13.5 Å². The maximum atomic E-state index is 14.3. The number of hydrogen-bond donors (Lipinski definition) is 2. The smallest absolute Gasteiger partial charge is 0.169 e. The minimum Gasteiger partial charge on any atom is -0.388 e. The Bertz CT molecular complexity index is 1180. The van der Waals surface area contributed by atoms with E-state index in [-0.39, 0.29) is 46.9 Å². The summed E-state index contributed by atoms with van der Waals surface area (Å²) in [5, 5.41) is 16.8. The van der Waals surface area contributed by atoms with Gasteiger partial charge in [-0.15, -0.1) is 12.4 Å². The number of nitrogens with zero attached hydrogens (tertiary/aromatic N) is 5. The standard InChI is InChI=1S/C18H13ClF2N6O.ClH/c1-9-5-14(24-15(8-28)23-9)25-18-10-7-27(26-16(10)13(21)6-22-18)17-11(19)3-2-4-12(17)20;/h2-7,28H,8H2,1H3,(H,22,23,24,25);1H. The molecular formula is C18H14Cl2F2N6O. The van der Waals surface area contributed by atoms with Gasteiger partial charge >= 0.3 is 0 Å². The summed E-state index contributed by atoms with van der Waals surface area (Å²) in [7, 11) is 0. The summed E-state index contributed by atoms with van der Waals surface area (Å²) >= 11 is 6.09. The van der Waals surface area contributed by atoms with Gasteiger partial charge in [0.15, 0.2) is 11.6 Å². The highest BCUT2D eigenvalue weighted by Crippen LogP contribution is 2.29. The van der Waals surface area contributed by atoms with Gasteiger partial charge in [0.05, 0.1) is 16.6 Å². The third-order valence-corrected chi connectivity index (χ3v) is 4.26. The Kier molecular flexibility index (Phi) is 5.92. The normalized spacial score (nSPS) is 10.8. The molecule has 0 aliphatic carbocycles. The fourth-order valence-corrected chi connectivity index (χ4v) is 3.03. The van der Waals surface area contributed by atoms with E-state index in [1.807, 2.05) is 0 Å². The maximum Gasteiger partial charge on any atom is 0.169 e. The summed E-state index contributed by atoms with van der Waals surface area (Å²) in [5.41, 5.74) is 0.630. The summed E-state index contributed by atoms with van der Waals surface area (Å²) < 4.78 is 29.7. The van der Waals surface area contributed by atoms with Crippen LogP contribution in [0.2, 0.25) is 5.02 Å². The molecular weight excluding hydrogens is 425 g/mol. The summed E-state index contributed by atoms with van der Waals surface area (Å²) in [6.45, 7) is 1.42. The Morgan fingerprint density at radius 3 is 2.72 bits per heavy atom. The molecule has 150 valence electrons. The van der Waals surface area contributed by atoms with Crippen molar-refractivity contribution in [3.05, 3.63) is 64.8 Å². The Hall–Kier alpha value is -2.88. The molecule has 0 aliphatic heterocycles. The van der Waals surface area contributed by atoms with Crippen molar-refractivity contribution in [3.63, 3.8) is 0 Å². The molecule has 1 aromatic carbocycles. The van der Waals surface area contributed by atoms with Crippen LogP contribution >= 0.6 is 24.0 Å². The third kappa shape index (κ3) is 3.98. The lowest BCUT2D eigenvalue weighted by atomic mass is 10.3. The van der Waals surface area contributed by atoms with Crippen LogP contribution in [-0.2, 0) is 6.61 Å². The van der Waals surface area contributed by atoms with Crippen molar-refractivity contribution in [2.24, 2.45) is 0 Å². The summed E-state index contributed by atoms with van der Waals surface area (Å²) in [6.07, 6.45) is 2.44. The van der Waals surface area contributed by atoms with E-state index in [9.17, 15) is 13.9 Å². The maximum absolute atomic E-state index is 14.3. The van der Waals surface area contributed by atoms with Crippen molar-refractivity contribution in [1.82, 2.24) is 24.7 Å².